The molecule has 0 radical (unpaired) electrons. The second-order valence-electron chi connectivity index (χ2n) is 8.45. The summed E-state index contributed by atoms with van der Waals surface area (Å²) < 4.78 is 22.3. The summed E-state index contributed by atoms with van der Waals surface area (Å²) in [5.41, 5.74) is 4.14. The molecule has 0 saturated heterocycles. The molecule has 182 valence electrons. The van der Waals surface area contributed by atoms with Gasteiger partial charge in [0.1, 0.15) is 17.2 Å². The lowest BCUT2D eigenvalue weighted by Crippen LogP contribution is -2.28. The molecule has 0 aliphatic rings. The number of aromatic nitrogens is 3. The number of rotatable bonds is 8. The number of amides is 1. The summed E-state index contributed by atoms with van der Waals surface area (Å²) in [5.74, 6) is 0.257. The minimum atomic E-state index is -0.372. The number of carbonyl (C=O) groups excluding carboxylic acids is 1. The second kappa shape index (κ2) is 10.1. The molecular formula is C27H29FN4O3. The van der Waals surface area contributed by atoms with Crippen molar-refractivity contribution in [3.63, 3.8) is 0 Å². The number of carbonyl (C=O) groups is 1. The predicted octanol–water partition coefficient (Wildman–Crippen LogP) is 4.22. The Kier molecular flexibility index (Phi) is 7.00. The third-order valence-electron chi connectivity index (χ3n) is 6.24. The van der Waals surface area contributed by atoms with Crippen molar-refractivity contribution in [1.82, 2.24) is 19.7 Å². The van der Waals surface area contributed by atoms with E-state index in [4.69, 9.17) is 4.74 Å². The van der Waals surface area contributed by atoms with Crippen LogP contribution in [0.2, 0.25) is 0 Å². The summed E-state index contributed by atoms with van der Waals surface area (Å²) in [6.45, 7) is 6.48. The number of fused-ring (bicyclic) bond motifs is 1. The number of halogens is 1. The van der Waals surface area contributed by atoms with E-state index in [2.05, 4.69) is 10.4 Å². The third kappa shape index (κ3) is 4.82. The number of ether oxygens (including phenoxy) is 1. The number of nitrogens with zero attached hydrogens (tertiary/aromatic N) is 3. The molecule has 0 spiro atoms. The van der Waals surface area contributed by atoms with Gasteiger partial charge in [-0.25, -0.2) is 9.07 Å². The molecule has 0 fully saturated rings. The van der Waals surface area contributed by atoms with Gasteiger partial charge in [0.05, 0.1) is 18.5 Å². The number of aryl methyl sites for hydroxylation is 3. The van der Waals surface area contributed by atoms with Gasteiger partial charge in [-0.3, -0.25) is 14.2 Å². The largest absolute Gasteiger partial charge is 0.497 e. The van der Waals surface area contributed by atoms with Crippen molar-refractivity contribution >= 4 is 16.9 Å². The van der Waals surface area contributed by atoms with E-state index in [1.807, 2.05) is 45.0 Å². The molecule has 0 saturated carbocycles. The van der Waals surface area contributed by atoms with Crippen LogP contribution in [0.1, 0.15) is 35.7 Å². The maximum atomic E-state index is 13.9. The monoisotopic (exact) mass is 476 g/mol. The zero-order valence-corrected chi connectivity index (χ0v) is 20.4. The van der Waals surface area contributed by atoms with Gasteiger partial charge in [-0.1, -0.05) is 18.2 Å². The van der Waals surface area contributed by atoms with Gasteiger partial charge in [-0.15, -0.1) is 0 Å². The number of nitrogens with one attached hydrogen (secondary N) is 1. The van der Waals surface area contributed by atoms with E-state index in [1.165, 1.54) is 12.1 Å². The van der Waals surface area contributed by atoms with Crippen LogP contribution in [0.25, 0.3) is 16.7 Å². The molecule has 0 aliphatic heterocycles. The maximum absolute atomic E-state index is 13.9. The molecule has 1 amide bonds. The first-order valence-corrected chi connectivity index (χ1v) is 11.6. The Hall–Kier alpha value is -3.94. The third-order valence-corrected chi connectivity index (χ3v) is 6.24. The SMILES string of the molecule is CCn1c(=O)c(CCC(=O)NCc2ccc(OC)cc2)c(C)c2c(C)nn(-c3cccc(F)c3)c21. The first-order valence-electron chi connectivity index (χ1n) is 11.6. The summed E-state index contributed by atoms with van der Waals surface area (Å²) in [7, 11) is 1.61. The Morgan fingerprint density at radius 3 is 2.54 bits per heavy atom. The molecule has 0 bridgehead atoms. The summed E-state index contributed by atoms with van der Waals surface area (Å²) >= 11 is 0. The second-order valence-corrected chi connectivity index (χ2v) is 8.45. The fraction of sp³-hybridized carbons (Fsp3) is 0.296. The van der Waals surface area contributed by atoms with Gasteiger partial charge in [0.25, 0.3) is 5.56 Å². The molecule has 2 aromatic heterocycles. The topological polar surface area (TPSA) is 78.2 Å². The molecular weight excluding hydrogens is 447 g/mol. The molecule has 8 heteroatoms. The first-order chi connectivity index (χ1) is 16.8. The van der Waals surface area contributed by atoms with Gasteiger partial charge in [-0.05, 0) is 68.7 Å². The average Bonchev–Trinajstić information content (AvgIpc) is 3.20. The normalized spacial score (nSPS) is 11.1. The first kappa shape index (κ1) is 24.2. The van der Waals surface area contributed by atoms with Crippen molar-refractivity contribution in [1.29, 1.82) is 0 Å². The zero-order chi connectivity index (χ0) is 25.1. The molecule has 0 aliphatic carbocycles. The van der Waals surface area contributed by atoms with Crippen molar-refractivity contribution in [3.05, 3.63) is 87.1 Å². The van der Waals surface area contributed by atoms with Crippen LogP contribution < -0.4 is 15.6 Å². The van der Waals surface area contributed by atoms with Crippen LogP contribution >= 0.6 is 0 Å². The predicted molar refractivity (Wildman–Crippen MR) is 134 cm³/mol. The van der Waals surface area contributed by atoms with Gasteiger partial charge in [0.15, 0.2) is 0 Å². The van der Waals surface area contributed by atoms with Crippen LogP contribution in [-0.2, 0) is 24.3 Å². The maximum Gasteiger partial charge on any atom is 0.255 e. The molecule has 0 unspecified atom stereocenters. The van der Waals surface area contributed by atoms with E-state index in [9.17, 15) is 14.0 Å². The summed E-state index contributed by atoms with van der Waals surface area (Å²) in [6, 6.07) is 13.6. The summed E-state index contributed by atoms with van der Waals surface area (Å²) in [4.78, 5) is 26.0. The van der Waals surface area contributed by atoms with Crippen LogP contribution in [0.15, 0.2) is 53.3 Å². The van der Waals surface area contributed by atoms with Gasteiger partial charge in [0, 0.05) is 30.5 Å². The number of methoxy groups -OCH3 is 1. The number of benzene rings is 2. The molecule has 4 rings (SSSR count). The van der Waals surface area contributed by atoms with Crippen LogP contribution in [0, 0.1) is 19.7 Å². The van der Waals surface area contributed by atoms with Gasteiger partial charge in [-0.2, -0.15) is 5.10 Å². The summed E-state index contributed by atoms with van der Waals surface area (Å²) in [6.07, 6.45) is 0.512. The molecule has 1 N–H and O–H groups in total. The van der Waals surface area contributed by atoms with Crippen LogP contribution in [-0.4, -0.2) is 27.4 Å². The highest BCUT2D eigenvalue weighted by molar-refractivity contribution is 5.85. The van der Waals surface area contributed by atoms with Crippen molar-refractivity contribution in [2.75, 3.05) is 7.11 Å². The van der Waals surface area contributed by atoms with E-state index < -0.39 is 0 Å². The van der Waals surface area contributed by atoms with Crippen LogP contribution in [0.4, 0.5) is 4.39 Å². The standard InChI is InChI=1S/C27H29FN4O3/c1-5-31-26-25(18(3)30-32(26)21-8-6-7-20(28)15-21)17(2)23(27(31)34)13-14-24(33)29-16-19-9-11-22(35-4)12-10-19/h6-12,15H,5,13-14,16H2,1-4H3,(H,29,33). The van der Waals surface area contributed by atoms with Gasteiger partial charge < -0.3 is 10.1 Å². The highest BCUT2D eigenvalue weighted by Gasteiger charge is 2.21. The van der Waals surface area contributed by atoms with Crippen molar-refractivity contribution in [2.24, 2.45) is 0 Å². The number of hydrogen-bond donors (Lipinski definition) is 1. The summed E-state index contributed by atoms with van der Waals surface area (Å²) in [5, 5.41) is 8.39. The highest BCUT2D eigenvalue weighted by atomic mass is 19.1. The van der Waals surface area contributed by atoms with Crippen LogP contribution in [0.3, 0.4) is 0 Å². The molecule has 2 aromatic carbocycles. The lowest BCUT2D eigenvalue weighted by Gasteiger charge is -2.14. The fourth-order valence-corrected chi connectivity index (χ4v) is 4.42. The lowest BCUT2D eigenvalue weighted by molar-refractivity contribution is -0.121. The zero-order valence-electron chi connectivity index (χ0n) is 20.4. The van der Waals surface area contributed by atoms with E-state index >= 15 is 0 Å². The molecule has 4 aromatic rings. The molecule has 35 heavy (non-hydrogen) atoms. The highest BCUT2D eigenvalue weighted by Crippen LogP contribution is 2.26. The lowest BCUT2D eigenvalue weighted by atomic mass is 10.0. The van der Waals surface area contributed by atoms with E-state index in [-0.39, 0.29) is 23.7 Å². The average molecular weight is 477 g/mol. The smallest absolute Gasteiger partial charge is 0.255 e. The Morgan fingerprint density at radius 1 is 1.14 bits per heavy atom. The van der Waals surface area contributed by atoms with E-state index in [0.29, 0.717) is 36.4 Å². The van der Waals surface area contributed by atoms with Crippen molar-refractivity contribution in [2.45, 2.75) is 46.7 Å². The Bertz CT molecular complexity index is 1440. The Balaban J connectivity index is 1.60. The Labute approximate surface area is 203 Å². The van der Waals surface area contributed by atoms with E-state index in [0.717, 1.165) is 28.0 Å². The van der Waals surface area contributed by atoms with Crippen LogP contribution in [0.5, 0.6) is 5.75 Å². The minimum absolute atomic E-state index is 0.130. The van der Waals surface area contributed by atoms with Gasteiger partial charge >= 0.3 is 0 Å². The number of pyridine rings is 1. The molecule has 2 heterocycles. The Morgan fingerprint density at radius 2 is 1.89 bits per heavy atom. The number of hydrogen-bond acceptors (Lipinski definition) is 4. The van der Waals surface area contributed by atoms with E-state index in [1.54, 1.807) is 28.5 Å². The fourth-order valence-electron chi connectivity index (χ4n) is 4.42. The van der Waals surface area contributed by atoms with Crippen molar-refractivity contribution < 1.29 is 13.9 Å². The van der Waals surface area contributed by atoms with Gasteiger partial charge in [0.2, 0.25) is 5.91 Å². The molecule has 0 atom stereocenters. The van der Waals surface area contributed by atoms with Crippen molar-refractivity contribution in [3.8, 4) is 11.4 Å². The minimum Gasteiger partial charge on any atom is -0.497 e. The molecule has 7 nitrogen and oxygen atoms in total. The quantitative estimate of drug-likeness (QED) is 0.413.